The van der Waals surface area contributed by atoms with Crippen LogP contribution in [0, 0.1) is 0 Å². The lowest BCUT2D eigenvalue weighted by Crippen LogP contribution is -2.37. The number of carbonyl (C=O) groups excluding carboxylic acids is 1. The molecule has 0 bridgehead atoms. The topological polar surface area (TPSA) is 76.6 Å². The molecule has 1 aliphatic heterocycles. The molecule has 1 saturated heterocycles. The number of ether oxygens (including phenoxy) is 1. The third kappa shape index (κ3) is 4.92. The van der Waals surface area contributed by atoms with Gasteiger partial charge in [0.2, 0.25) is 0 Å². The number of sulfone groups is 1. The van der Waals surface area contributed by atoms with E-state index in [1.165, 1.54) is 19.2 Å². The van der Waals surface area contributed by atoms with Crippen molar-refractivity contribution in [3.8, 4) is 0 Å². The van der Waals surface area contributed by atoms with E-state index in [9.17, 15) is 13.2 Å². The Labute approximate surface area is 190 Å². The highest BCUT2D eigenvalue weighted by Crippen LogP contribution is 2.35. The number of benzene rings is 2. The standard InChI is InChI=1S/C22H23ClN2O4S2/c1-29-12-13-31(27,28)18-5-2-16(3-6-18)22(26)25-10-8-15(9-11-25)21-24-19-14-17(23)4-7-20(19)30-21/h2-7,14-15H,8-13H2,1H3. The molecule has 0 radical (unpaired) electrons. The van der Waals surface area contributed by atoms with Crippen molar-refractivity contribution >= 4 is 48.9 Å². The molecular weight excluding hydrogens is 456 g/mol. The number of likely N-dealkylation sites (tertiary alicyclic amines) is 1. The summed E-state index contributed by atoms with van der Waals surface area (Å²) in [6.45, 7) is 1.43. The van der Waals surface area contributed by atoms with Crippen LogP contribution in [-0.2, 0) is 14.6 Å². The van der Waals surface area contributed by atoms with Crippen LogP contribution in [0.2, 0.25) is 5.02 Å². The first kappa shape index (κ1) is 22.2. The molecule has 2 heterocycles. The van der Waals surface area contributed by atoms with Gasteiger partial charge in [-0.1, -0.05) is 11.6 Å². The molecule has 9 heteroatoms. The van der Waals surface area contributed by atoms with Crippen molar-refractivity contribution in [2.24, 2.45) is 0 Å². The van der Waals surface area contributed by atoms with E-state index in [4.69, 9.17) is 21.3 Å². The second kappa shape index (κ2) is 9.24. The molecule has 1 aliphatic rings. The third-order valence-corrected chi connectivity index (χ3v) is 8.64. The SMILES string of the molecule is COCCS(=O)(=O)c1ccc(C(=O)N2CCC(c3nc4cc(Cl)ccc4s3)CC2)cc1. The predicted molar refractivity (Wildman–Crippen MR) is 123 cm³/mol. The van der Waals surface area contributed by atoms with Gasteiger partial charge in [0, 0.05) is 36.7 Å². The van der Waals surface area contributed by atoms with Crippen LogP contribution < -0.4 is 0 Å². The zero-order valence-electron chi connectivity index (χ0n) is 17.1. The fourth-order valence-electron chi connectivity index (χ4n) is 3.72. The maximum atomic E-state index is 12.9. The molecule has 0 spiro atoms. The number of fused-ring (bicyclic) bond motifs is 1. The van der Waals surface area contributed by atoms with Gasteiger partial charge in [0.15, 0.2) is 9.84 Å². The van der Waals surface area contributed by atoms with Gasteiger partial charge >= 0.3 is 0 Å². The zero-order valence-corrected chi connectivity index (χ0v) is 19.5. The van der Waals surface area contributed by atoms with E-state index >= 15 is 0 Å². The summed E-state index contributed by atoms with van der Waals surface area (Å²) in [5, 5.41) is 1.78. The molecule has 4 rings (SSSR count). The Hall–Kier alpha value is -2.00. The number of methoxy groups -OCH3 is 1. The lowest BCUT2D eigenvalue weighted by atomic mass is 9.97. The van der Waals surface area contributed by atoms with Crippen LogP contribution in [0.4, 0.5) is 0 Å². The third-order valence-electron chi connectivity index (χ3n) is 5.51. The van der Waals surface area contributed by atoms with Crippen LogP contribution in [0.25, 0.3) is 10.2 Å². The summed E-state index contributed by atoms with van der Waals surface area (Å²) in [5.41, 5.74) is 1.42. The quantitative estimate of drug-likeness (QED) is 0.525. The van der Waals surface area contributed by atoms with Gasteiger partial charge in [-0.2, -0.15) is 0 Å². The molecule has 31 heavy (non-hydrogen) atoms. The van der Waals surface area contributed by atoms with E-state index in [-0.39, 0.29) is 23.2 Å². The van der Waals surface area contributed by atoms with E-state index in [0.717, 1.165) is 28.1 Å². The molecule has 0 atom stereocenters. The van der Waals surface area contributed by atoms with Gasteiger partial charge in [-0.05, 0) is 55.3 Å². The monoisotopic (exact) mass is 478 g/mol. The number of rotatable bonds is 6. The van der Waals surface area contributed by atoms with Crippen LogP contribution in [0.5, 0.6) is 0 Å². The number of nitrogens with zero attached hydrogens (tertiary/aromatic N) is 2. The Kier molecular flexibility index (Phi) is 6.62. The number of thiazole rings is 1. The minimum absolute atomic E-state index is 0.0737. The van der Waals surface area contributed by atoms with Crippen molar-refractivity contribution in [3.63, 3.8) is 0 Å². The van der Waals surface area contributed by atoms with Crippen LogP contribution in [0.15, 0.2) is 47.4 Å². The first-order valence-corrected chi connectivity index (χ1v) is 12.9. The van der Waals surface area contributed by atoms with E-state index in [1.54, 1.807) is 23.5 Å². The second-order valence-corrected chi connectivity index (χ2v) is 11.2. The number of hydrogen-bond donors (Lipinski definition) is 0. The van der Waals surface area contributed by atoms with Gasteiger partial charge in [0.1, 0.15) is 0 Å². The van der Waals surface area contributed by atoms with E-state index in [0.29, 0.717) is 29.6 Å². The number of piperidine rings is 1. The van der Waals surface area contributed by atoms with E-state index in [2.05, 4.69) is 0 Å². The van der Waals surface area contributed by atoms with Gasteiger partial charge in [0.05, 0.1) is 32.5 Å². The summed E-state index contributed by atoms with van der Waals surface area (Å²) in [4.78, 5) is 19.7. The van der Waals surface area contributed by atoms with Crippen LogP contribution in [0.1, 0.15) is 34.1 Å². The number of aromatic nitrogens is 1. The highest BCUT2D eigenvalue weighted by Gasteiger charge is 2.27. The van der Waals surface area contributed by atoms with Crippen molar-refractivity contribution in [2.75, 3.05) is 32.6 Å². The van der Waals surface area contributed by atoms with Crippen molar-refractivity contribution in [2.45, 2.75) is 23.7 Å². The number of halogens is 1. The smallest absolute Gasteiger partial charge is 0.253 e. The Morgan fingerprint density at radius 2 is 1.90 bits per heavy atom. The molecule has 0 aliphatic carbocycles. The summed E-state index contributed by atoms with van der Waals surface area (Å²) in [6.07, 6.45) is 1.70. The molecule has 1 amide bonds. The highest BCUT2D eigenvalue weighted by atomic mass is 35.5. The molecule has 0 unspecified atom stereocenters. The summed E-state index contributed by atoms with van der Waals surface area (Å²) >= 11 is 7.75. The lowest BCUT2D eigenvalue weighted by molar-refractivity contribution is 0.0713. The van der Waals surface area contributed by atoms with Gasteiger partial charge in [-0.25, -0.2) is 13.4 Å². The maximum absolute atomic E-state index is 12.9. The van der Waals surface area contributed by atoms with Gasteiger partial charge in [0.25, 0.3) is 5.91 Å². The predicted octanol–water partition coefficient (Wildman–Crippen LogP) is 4.39. The van der Waals surface area contributed by atoms with Crippen molar-refractivity contribution in [3.05, 3.63) is 58.1 Å². The van der Waals surface area contributed by atoms with Crippen LogP contribution in [0.3, 0.4) is 0 Å². The molecule has 1 fully saturated rings. The Balaban J connectivity index is 1.39. The summed E-state index contributed by atoms with van der Waals surface area (Å²) in [6, 6.07) is 11.9. The normalized spacial score (nSPS) is 15.5. The Bertz CT molecular complexity index is 1180. The number of hydrogen-bond acceptors (Lipinski definition) is 6. The summed E-state index contributed by atoms with van der Waals surface area (Å²) in [5.74, 6) is 0.173. The largest absolute Gasteiger partial charge is 0.384 e. The van der Waals surface area contributed by atoms with Crippen molar-refractivity contribution in [1.82, 2.24) is 9.88 Å². The van der Waals surface area contributed by atoms with Gasteiger partial charge in [-0.15, -0.1) is 11.3 Å². The molecular formula is C22H23ClN2O4S2. The average molecular weight is 479 g/mol. The number of carbonyl (C=O) groups is 1. The Morgan fingerprint density at radius 1 is 1.19 bits per heavy atom. The van der Waals surface area contributed by atoms with E-state index < -0.39 is 9.84 Å². The Morgan fingerprint density at radius 3 is 2.58 bits per heavy atom. The molecule has 3 aromatic rings. The molecule has 6 nitrogen and oxygen atoms in total. The summed E-state index contributed by atoms with van der Waals surface area (Å²) in [7, 11) is -1.94. The first-order valence-electron chi connectivity index (χ1n) is 10.0. The fourth-order valence-corrected chi connectivity index (χ4v) is 6.18. The molecule has 0 N–H and O–H groups in total. The second-order valence-electron chi connectivity index (χ2n) is 7.57. The van der Waals surface area contributed by atoms with Gasteiger partial charge in [-0.3, -0.25) is 4.79 Å². The van der Waals surface area contributed by atoms with Crippen molar-refractivity contribution in [1.29, 1.82) is 0 Å². The maximum Gasteiger partial charge on any atom is 0.253 e. The molecule has 164 valence electrons. The molecule has 0 saturated carbocycles. The fraction of sp³-hybridized carbons (Fsp3) is 0.364. The van der Waals surface area contributed by atoms with Crippen molar-refractivity contribution < 1.29 is 17.9 Å². The summed E-state index contributed by atoms with van der Waals surface area (Å²) < 4.78 is 30.5. The highest BCUT2D eigenvalue weighted by molar-refractivity contribution is 7.91. The van der Waals surface area contributed by atoms with Crippen LogP contribution in [-0.4, -0.2) is 56.8 Å². The van der Waals surface area contributed by atoms with Crippen LogP contribution >= 0.6 is 22.9 Å². The minimum atomic E-state index is -3.41. The molecule has 1 aromatic heterocycles. The zero-order chi connectivity index (χ0) is 22.0. The average Bonchev–Trinajstić information content (AvgIpc) is 3.20. The van der Waals surface area contributed by atoms with E-state index in [1.807, 2.05) is 23.1 Å². The van der Waals surface area contributed by atoms with Gasteiger partial charge < -0.3 is 9.64 Å². The molecule has 2 aromatic carbocycles. The first-order chi connectivity index (χ1) is 14.9. The number of amides is 1. The lowest BCUT2D eigenvalue weighted by Gasteiger charge is -2.31. The minimum Gasteiger partial charge on any atom is -0.384 e.